The smallest absolute Gasteiger partial charge is 0.462 e. The van der Waals surface area contributed by atoms with E-state index in [1.54, 1.807) is 6.08 Å². The van der Waals surface area contributed by atoms with Gasteiger partial charge in [-0.2, -0.15) is 0 Å². The minimum atomic E-state index is -4.76. The maximum atomic E-state index is 12.3. The van der Waals surface area contributed by atoms with E-state index in [4.69, 9.17) is 19.3 Å². The van der Waals surface area contributed by atoms with Crippen LogP contribution in [0.5, 0.6) is 0 Å². The molecular formula is C35H63O9P. The highest BCUT2D eigenvalue weighted by atomic mass is 31.2. The maximum absolute atomic E-state index is 12.3. The van der Waals surface area contributed by atoms with E-state index in [0.29, 0.717) is 19.3 Å². The highest BCUT2D eigenvalue weighted by Gasteiger charge is 2.22. The van der Waals surface area contributed by atoms with Crippen molar-refractivity contribution < 1.29 is 43.0 Å². The van der Waals surface area contributed by atoms with Gasteiger partial charge in [0.25, 0.3) is 0 Å². The van der Waals surface area contributed by atoms with Gasteiger partial charge in [-0.3, -0.25) is 14.1 Å². The Labute approximate surface area is 273 Å². The normalized spacial score (nSPS) is 13.8. The molecule has 0 saturated heterocycles. The Kier molecular flexibility index (Phi) is 28.5. The summed E-state index contributed by atoms with van der Waals surface area (Å²) < 4.78 is 26.2. The van der Waals surface area contributed by atoms with Crippen molar-refractivity contribution in [1.29, 1.82) is 0 Å². The standard InChI is InChI=1S/C35H63O9P/c1-4-5-19-25-32(36)26-21-16-12-7-6-8-14-18-23-28-35(38)44-33(30-43-45(39,40)41)29-42-34(37)27-22-17-13-10-9-11-15-20-24-31(2)3/h5,12,16,19,21,26,31-33,36H,4,6-11,13-15,17-18,20,22-25,27-30H2,1-3H3,(H2,39,40,41)/b16-12+,19-5+,26-21+/t32?,33-/m1/s1. The van der Waals surface area contributed by atoms with Crippen LogP contribution in [-0.2, 0) is 28.2 Å². The van der Waals surface area contributed by atoms with Gasteiger partial charge in [0, 0.05) is 12.8 Å². The average molecular weight is 659 g/mol. The number of carbonyl (C=O) groups excluding carboxylic acids is 2. The van der Waals surface area contributed by atoms with Crippen molar-refractivity contribution in [2.45, 2.75) is 155 Å². The molecular weight excluding hydrogens is 595 g/mol. The molecule has 0 aromatic heterocycles. The van der Waals surface area contributed by atoms with Crippen molar-refractivity contribution in [3.05, 3.63) is 36.5 Å². The number of phosphoric acid groups is 1. The molecule has 0 aliphatic heterocycles. The molecule has 45 heavy (non-hydrogen) atoms. The first-order valence-electron chi connectivity index (χ1n) is 17.2. The summed E-state index contributed by atoms with van der Waals surface area (Å²) in [6, 6.07) is 0. The lowest BCUT2D eigenvalue weighted by atomic mass is 10.0. The van der Waals surface area contributed by atoms with Gasteiger partial charge < -0.3 is 24.4 Å². The molecule has 0 spiro atoms. The highest BCUT2D eigenvalue weighted by molar-refractivity contribution is 7.46. The molecule has 0 amide bonds. The summed E-state index contributed by atoms with van der Waals surface area (Å²) >= 11 is 0. The van der Waals surface area contributed by atoms with Crippen LogP contribution in [0.4, 0.5) is 0 Å². The van der Waals surface area contributed by atoms with Gasteiger partial charge in [0.15, 0.2) is 6.10 Å². The zero-order chi connectivity index (χ0) is 33.6. The SMILES string of the molecule is CC/C=C/CC(O)/C=C/C=C/CCCCCCCC(=O)O[C@H](COC(=O)CCCCCCCCCCC(C)C)COP(=O)(O)O. The van der Waals surface area contributed by atoms with Crippen LogP contribution in [-0.4, -0.2) is 52.3 Å². The average Bonchev–Trinajstić information content (AvgIpc) is 2.97. The van der Waals surface area contributed by atoms with Crippen LogP contribution in [0, 0.1) is 5.92 Å². The predicted molar refractivity (Wildman–Crippen MR) is 180 cm³/mol. The fourth-order valence-electron chi connectivity index (χ4n) is 4.59. The quantitative estimate of drug-likeness (QED) is 0.0227. The molecule has 0 aliphatic carbocycles. The van der Waals surface area contributed by atoms with E-state index in [2.05, 4.69) is 31.4 Å². The Balaban J connectivity index is 4.10. The van der Waals surface area contributed by atoms with Crippen LogP contribution in [0.1, 0.15) is 143 Å². The summed E-state index contributed by atoms with van der Waals surface area (Å²) in [4.78, 5) is 42.5. The third kappa shape index (κ3) is 33.4. The molecule has 0 heterocycles. The Morgan fingerprint density at radius 3 is 1.91 bits per heavy atom. The third-order valence-corrected chi connectivity index (χ3v) is 7.67. The highest BCUT2D eigenvalue weighted by Crippen LogP contribution is 2.36. The Hall–Kier alpha value is -1.77. The fourth-order valence-corrected chi connectivity index (χ4v) is 4.95. The van der Waals surface area contributed by atoms with Crippen molar-refractivity contribution in [2.75, 3.05) is 13.2 Å². The van der Waals surface area contributed by atoms with E-state index in [9.17, 15) is 19.3 Å². The largest absolute Gasteiger partial charge is 0.469 e. The van der Waals surface area contributed by atoms with E-state index in [-0.39, 0.29) is 19.4 Å². The summed E-state index contributed by atoms with van der Waals surface area (Å²) in [5.41, 5.74) is 0. The lowest BCUT2D eigenvalue weighted by molar-refractivity contribution is -0.161. The van der Waals surface area contributed by atoms with Crippen molar-refractivity contribution in [3.8, 4) is 0 Å². The van der Waals surface area contributed by atoms with E-state index >= 15 is 0 Å². The molecule has 0 radical (unpaired) electrons. The fraction of sp³-hybridized carbons (Fsp3) is 0.771. The zero-order valence-corrected chi connectivity index (χ0v) is 29.2. The summed E-state index contributed by atoms with van der Waals surface area (Å²) in [5.74, 6) is -0.175. The van der Waals surface area contributed by atoms with Crippen molar-refractivity contribution in [2.24, 2.45) is 5.92 Å². The minimum Gasteiger partial charge on any atom is -0.462 e. The minimum absolute atomic E-state index is 0.165. The summed E-state index contributed by atoms with van der Waals surface area (Å²) in [7, 11) is -4.76. The van der Waals surface area contributed by atoms with Gasteiger partial charge >= 0.3 is 19.8 Å². The predicted octanol–water partition coefficient (Wildman–Crippen LogP) is 8.67. The number of esters is 2. The molecule has 0 rings (SSSR count). The molecule has 1 unspecified atom stereocenters. The van der Waals surface area contributed by atoms with Gasteiger partial charge in [0.05, 0.1) is 12.7 Å². The Morgan fingerprint density at radius 1 is 0.733 bits per heavy atom. The molecule has 0 aromatic rings. The van der Waals surface area contributed by atoms with Crippen LogP contribution in [0.15, 0.2) is 36.5 Å². The number of allylic oxidation sites excluding steroid dienone is 4. The topological polar surface area (TPSA) is 140 Å². The van der Waals surface area contributed by atoms with E-state index < -0.39 is 38.6 Å². The molecule has 262 valence electrons. The third-order valence-electron chi connectivity index (χ3n) is 7.18. The van der Waals surface area contributed by atoms with Crippen LogP contribution >= 0.6 is 7.82 Å². The van der Waals surface area contributed by atoms with Crippen LogP contribution in [0.3, 0.4) is 0 Å². The molecule has 2 atom stereocenters. The number of hydrogen-bond donors (Lipinski definition) is 3. The molecule has 9 nitrogen and oxygen atoms in total. The zero-order valence-electron chi connectivity index (χ0n) is 28.3. The second-order valence-electron chi connectivity index (χ2n) is 12.1. The summed E-state index contributed by atoms with van der Waals surface area (Å²) in [5, 5.41) is 9.81. The lowest BCUT2D eigenvalue weighted by Gasteiger charge is -2.18. The molecule has 0 fully saturated rings. The molecule has 10 heteroatoms. The molecule has 0 aliphatic rings. The Morgan fingerprint density at radius 2 is 1.31 bits per heavy atom. The molecule has 0 bridgehead atoms. The summed E-state index contributed by atoms with van der Waals surface area (Å²) in [6.07, 6.45) is 27.8. The van der Waals surface area contributed by atoms with Crippen molar-refractivity contribution in [1.82, 2.24) is 0 Å². The number of aliphatic hydroxyl groups excluding tert-OH is 1. The van der Waals surface area contributed by atoms with Crippen molar-refractivity contribution in [3.63, 3.8) is 0 Å². The van der Waals surface area contributed by atoms with E-state index in [1.165, 1.54) is 32.1 Å². The van der Waals surface area contributed by atoms with E-state index in [0.717, 1.165) is 63.7 Å². The van der Waals surface area contributed by atoms with Gasteiger partial charge in [-0.25, -0.2) is 4.57 Å². The van der Waals surface area contributed by atoms with Gasteiger partial charge in [-0.1, -0.05) is 128 Å². The first-order chi connectivity index (χ1) is 21.5. The molecule has 3 N–H and O–H groups in total. The second-order valence-corrected chi connectivity index (χ2v) is 13.4. The lowest BCUT2D eigenvalue weighted by Crippen LogP contribution is -2.29. The number of unbranched alkanes of at least 4 members (excludes halogenated alkanes) is 12. The van der Waals surface area contributed by atoms with Gasteiger partial charge in [0.2, 0.25) is 0 Å². The number of carbonyl (C=O) groups is 2. The van der Waals surface area contributed by atoms with Crippen LogP contribution in [0.25, 0.3) is 0 Å². The number of phosphoric ester groups is 1. The van der Waals surface area contributed by atoms with Crippen molar-refractivity contribution >= 4 is 19.8 Å². The van der Waals surface area contributed by atoms with Crippen LogP contribution < -0.4 is 0 Å². The van der Waals surface area contributed by atoms with Gasteiger partial charge in [0.1, 0.15) is 6.61 Å². The van der Waals surface area contributed by atoms with Crippen LogP contribution in [0.2, 0.25) is 0 Å². The number of hydrogen-bond acceptors (Lipinski definition) is 7. The van der Waals surface area contributed by atoms with Gasteiger partial charge in [-0.15, -0.1) is 0 Å². The maximum Gasteiger partial charge on any atom is 0.469 e. The first kappa shape index (κ1) is 43.2. The molecule has 0 saturated carbocycles. The number of rotatable bonds is 30. The first-order valence-corrected chi connectivity index (χ1v) is 18.8. The monoisotopic (exact) mass is 658 g/mol. The van der Waals surface area contributed by atoms with E-state index in [1.807, 2.05) is 24.3 Å². The van der Waals surface area contributed by atoms with Gasteiger partial charge in [-0.05, 0) is 44.4 Å². The number of ether oxygens (including phenoxy) is 2. The number of aliphatic hydroxyl groups is 1. The Bertz CT molecular complexity index is 863. The second kappa shape index (κ2) is 29.6. The summed E-state index contributed by atoms with van der Waals surface area (Å²) in [6.45, 7) is 5.70. The molecule has 0 aromatic carbocycles.